The summed E-state index contributed by atoms with van der Waals surface area (Å²) in [7, 11) is 0. The number of amides is 1. The summed E-state index contributed by atoms with van der Waals surface area (Å²) in [5.74, 6) is -3.00. The van der Waals surface area contributed by atoms with Gasteiger partial charge >= 0.3 is 0 Å². The van der Waals surface area contributed by atoms with E-state index in [1.165, 1.54) is 12.1 Å². The van der Waals surface area contributed by atoms with Crippen LogP contribution in [-0.2, 0) is 0 Å². The molecule has 1 aromatic rings. The number of carbonyl (C=O) groups excluding carboxylic acids is 1. The zero-order valence-corrected chi connectivity index (χ0v) is 11.3. The van der Waals surface area contributed by atoms with Crippen molar-refractivity contribution in [2.24, 2.45) is 5.92 Å². The van der Waals surface area contributed by atoms with Gasteiger partial charge in [0.2, 0.25) is 0 Å². The summed E-state index contributed by atoms with van der Waals surface area (Å²) in [4.78, 5) is 11.7. The summed E-state index contributed by atoms with van der Waals surface area (Å²) < 4.78 is 26.4. The largest absolute Gasteiger partial charge is 0.388 e. The van der Waals surface area contributed by atoms with E-state index in [2.05, 4.69) is 5.32 Å². The van der Waals surface area contributed by atoms with Gasteiger partial charge in [-0.2, -0.15) is 0 Å². The Hall–Kier alpha value is -1.49. The third kappa shape index (κ3) is 3.73. The minimum atomic E-state index is -1.18. The summed E-state index contributed by atoms with van der Waals surface area (Å²) in [6, 6.07) is 3.41. The van der Waals surface area contributed by atoms with Crippen LogP contribution in [0.2, 0.25) is 0 Å². The molecule has 0 heterocycles. The quantitative estimate of drug-likeness (QED) is 0.864. The van der Waals surface area contributed by atoms with Crippen LogP contribution in [0, 0.1) is 17.6 Å². The number of hydrogen-bond acceptors (Lipinski definition) is 2. The topological polar surface area (TPSA) is 49.3 Å². The van der Waals surface area contributed by atoms with Gasteiger partial charge in [0.15, 0.2) is 11.6 Å². The molecule has 0 saturated carbocycles. The Morgan fingerprint density at radius 1 is 1.47 bits per heavy atom. The van der Waals surface area contributed by atoms with Gasteiger partial charge in [0.25, 0.3) is 5.91 Å². The molecule has 2 atom stereocenters. The molecule has 19 heavy (non-hydrogen) atoms. The van der Waals surface area contributed by atoms with Crippen molar-refractivity contribution in [1.29, 1.82) is 0 Å². The molecule has 2 N–H and O–H groups in total. The molecule has 1 rings (SSSR count). The van der Waals surface area contributed by atoms with E-state index in [1.807, 2.05) is 13.8 Å². The second-order valence-corrected chi connectivity index (χ2v) is 4.95. The fourth-order valence-corrected chi connectivity index (χ4v) is 1.65. The molecule has 5 heteroatoms. The van der Waals surface area contributed by atoms with Crippen LogP contribution < -0.4 is 5.32 Å². The van der Waals surface area contributed by atoms with Crippen molar-refractivity contribution in [3.05, 3.63) is 35.4 Å². The van der Waals surface area contributed by atoms with Crippen molar-refractivity contribution >= 4 is 5.91 Å². The number of aliphatic hydroxyl groups is 1. The highest BCUT2D eigenvalue weighted by atomic mass is 19.2. The van der Waals surface area contributed by atoms with E-state index in [0.29, 0.717) is 0 Å². The van der Waals surface area contributed by atoms with Crippen LogP contribution in [0.15, 0.2) is 18.2 Å². The number of carbonyl (C=O) groups is 1. The number of rotatable bonds is 5. The molecule has 0 spiro atoms. The Labute approximate surface area is 111 Å². The van der Waals surface area contributed by atoms with Crippen molar-refractivity contribution in [3.8, 4) is 0 Å². The SMILES string of the molecule is CCC(C)C(C)(O)CNC(=O)c1cccc(F)c1F. The molecular formula is C14H19F2NO2. The van der Waals surface area contributed by atoms with E-state index in [0.717, 1.165) is 12.5 Å². The van der Waals surface area contributed by atoms with Crippen molar-refractivity contribution in [3.63, 3.8) is 0 Å². The maximum atomic E-state index is 13.4. The summed E-state index contributed by atoms with van der Waals surface area (Å²) in [6.45, 7) is 5.36. The normalized spacial score (nSPS) is 15.7. The van der Waals surface area contributed by atoms with Crippen LogP contribution in [0.1, 0.15) is 37.6 Å². The summed E-state index contributed by atoms with van der Waals surface area (Å²) in [6.07, 6.45) is 0.747. The summed E-state index contributed by atoms with van der Waals surface area (Å²) >= 11 is 0. The average molecular weight is 271 g/mol. The lowest BCUT2D eigenvalue weighted by Gasteiger charge is -2.29. The molecule has 0 radical (unpaired) electrons. The van der Waals surface area contributed by atoms with Crippen LogP contribution >= 0.6 is 0 Å². The molecule has 0 aliphatic heterocycles. The first-order valence-electron chi connectivity index (χ1n) is 6.24. The van der Waals surface area contributed by atoms with E-state index in [1.54, 1.807) is 6.92 Å². The van der Waals surface area contributed by atoms with E-state index in [-0.39, 0.29) is 18.0 Å². The monoisotopic (exact) mass is 271 g/mol. The summed E-state index contributed by atoms with van der Waals surface area (Å²) in [5, 5.41) is 12.5. The summed E-state index contributed by atoms with van der Waals surface area (Å²) in [5.41, 5.74) is -1.45. The Balaban J connectivity index is 2.74. The van der Waals surface area contributed by atoms with Gasteiger partial charge in [-0.1, -0.05) is 26.3 Å². The fourth-order valence-electron chi connectivity index (χ4n) is 1.65. The first-order chi connectivity index (χ1) is 8.79. The van der Waals surface area contributed by atoms with Crippen LogP contribution in [0.4, 0.5) is 8.78 Å². The van der Waals surface area contributed by atoms with Crippen molar-refractivity contribution < 1.29 is 18.7 Å². The predicted molar refractivity (Wildman–Crippen MR) is 68.8 cm³/mol. The third-order valence-electron chi connectivity index (χ3n) is 3.48. The number of nitrogens with one attached hydrogen (secondary N) is 1. The van der Waals surface area contributed by atoms with Crippen molar-refractivity contribution in [2.75, 3.05) is 6.54 Å². The van der Waals surface area contributed by atoms with Gasteiger partial charge in [0.1, 0.15) is 0 Å². The Bertz CT molecular complexity index is 461. The highest BCUT2D eigenvalue weighted by molar-refractivity contribution is 5.94. The van der Waals surface area contributed by atoms with Gasteiger partial charge < -0.3 is 10.4 Å². The van der Waals surface area contributed by atoms with Crippen molar-refractivity contribution in [1.82, 2.24) is 5.32 Å². The smallest absolute Gasteiger partial charge is 0.254 e. The molecule has 106 valence electrons. The third-order valence-corrected chi connectivity index (χ3v) is 3.48. The molecule has 1 amide bonds. The second-order valence-electron chi connectivity index (χ2n) is 4.95. The van der Waals surface area contributed by atoms with E-state index < -0.39 is 23.1 Å². The Kier molecular flexibility index (Phi) is 5.00. The zero-order valence-electron chi connectivity index (χ0n) is 11.3. The molecular weight excluding hydrogens is 252 g/mol. The standard InChI is InChI=1S/C14H19F2NO2/c1-4-9(2)14(3,19)8-17-13(18)10-6-5-7-11(15)12(10)16/h5-7,9,19H,4,8H2,1-3H3,(H,17,18). The maximum absolute atomic E-state index is 13.4. The van der Waals surface area contributed by atoms with Crippen molar-refractivity contribution in [2.45, 2.75) is 32.8 Å². The Morgan fingerprint density at radius 3 is 2.68 bits per heavy atom. The molecule has 0 saturated heterocycles. The molecule has 0 aromatic heterocycles. The van der Waals surface area contributed by atoms with E-state index >= 15 is 0 Å². The lowest BCUT2D eigenvalue weighted by Crippen LogP contribution is -2.45. The molecule has 1 aromatic carbocycles. The van der Waals surface area contributed by atoms with E-state index in [9.17, 15) is 18.7 Å². The van der Waals surface area contributed by atoms with Gasteiger partial charge in [-0.05, 0) is 25.0 Å². The molecule has 2 unspecified atom stereocenters. The molecule has 0 bridgehead atoms. The number of hydrogen-bond donors (Lipinski definition) is 2. The van der Waals surface area contributed by atoms with Crippen LogP contribution in [0.5, 0.6) is 0 Å². The van der Waals surface area contributed by atoms with Gasteiger partial charge in [-0.25, -0.2) is 8.78 Å². The van der Waals surface area contributed by atoms with Crippen LogP contribution in [0.3, 0.4) is 0 Å². The van der Waals surface area contributed by atoms with Crippen LogP contribution in [-0.4, -0.2) is 23.2 Å². The van der Waals surface area contributed by atoms with Gasteiger partial charge in [-0.3, -0.25) is 4.79 Å². The van der Waals surface area contributed by atoms with Gasteiger partial charge in [0, 0.05) is 6.54 Å². The maximum Gasteiger partial charge on any atom is 0.254 e. The van der Waals surface area contributed by atoms with Gasteiger partial charge in [0.05, 0.1) is 11.2 Å². The highest BCUT2D eigenvalue weighted by Gasteiger charge is 2.28. The first kappa shape index (κ1) is 15.6. The molecule has 0 fully saturated rings. The minimum Gasteiger partial charge on any atom is -0.388 e. The second kappa shape index (κ2) is 6.10. The van der Waals surface area contributed by atoms with E-state index in [4.69, 9.17) is 0 Å². The molecule has 0 aliphatic rings. The zero-order chi connectivity index (χ0) is 14.6. The average Bonchev–Trinajstić information content (AvgIpc) is 2.38. The lowest BCUT2D eigenvalue weighted by atomic mass is 9.88. The minimum absolute atomic E-state index is 0.0171. The Morgan fingerprint density at radius 2 is 2.11 bits per heavy atom. The molecule has 0 aliphatic carbocycles. The predicted octanol–water partition coefficient (Wildman–Crippen LogP) is 2.49. The van der Waals surface area contributed by atoms with Crippen LogP contribution in [0.25, 0.3) is 0 Å². The number of halogens is 2. The first-order valence-corrected chi connectivity index (χ1v) is 6.24. The number of benzene rings is 1. The highest BCUT2D eigenvalue weighted by Crippen LogP contribution is 2.19. The fraction of sp³-hybridized carbons (Fsp3) is 0.500. The lowest BCUT2D eigenvalue weighted by molar-refractivity contribution is 0.00588. The van der Waals surface area contributed by atoms with Gasteiger partial charge in [-0.15, -0.1) is 0 Å². The molecule has 3 nitrogen and oxygen atoms in total.